The molecular weight excluding hydrogens is 156 g/mol. The second-order valence-electron chi connectivity index (χ2n) is 2.48. The van der Waals surface area contributed by atoms with Crippen LogP contribution in [0.5, 0.6) is 0 Å². The molecule has 0 aliphatic carbocycles. The molecule has 0 radical (unpaired) electrons. The summed E-state index contributed by atoms with van der Waals surface area (Å²) in [5.41, 5.74) is 11.2. The Morgan fingerprint density at radius 1 is 1.50 bits per heavy atom. The lowest BCUT2D eigenvalue weighted by molar-refractivity contribution is -0.126. The number of nitrogen functional groups attached to an aromatic ring is 1. The quantitative estimate of drug-likeness (QED) is 0.531. The fraction of sp³-hybridized carbons (Fsp3) is 0.125. The number of anilines is 1. The number of carbonyl (C=O) groups is 1. The van der Waals surface area contributed by atoms with Crippen LogP contribution < -0.4 is 11.5 Å². The third kappa shape index (κ3) is 1.73. The highest BCUT2D eigenvalue weighted by Crippen LogP contribution is 2.14. The van der Waals surface area contributed by atoms with E-state index in [9.17, 15) is 9.90 Å². The van der Waals surface area contributed by atoms with Gasteiger partial charge < -0.3 is 16.6 Å². The molecule has 0 unspecified atom stereocenters. The van der Waals surface area contributed by atoms with Crippen LogP contribution in [0.1, 0.15) is 11.7 Å². The number of rotatable bonds is 2. The summed E-state index contributed by atoms with van der Waals surface area (Å²) in [6.45, 7) is 0. The highest BCUT2D eigenvalue weighted by Gasteiger charge is 2.12. The second-order valence-corrected chi connectivity index (χ2v) is 2.48. The van der Waals surface area contributed by atoms with Gasteiger partial charge in [-0.3, -0.25) is 4.79 Å². The molecule has 0 fully saturated rings. The fourth-order valence-corrected chi connectivity index (χ4v) is 0.893. The van der Waals surface area contributed by atoms with Gasteiger partial charge in [-0.15, -0.1) is 0 Å². The van der Waals surface area contributed by atoms with Gasteiger partial charge in [-0.05, 0) is 17.7 Å². The molecule has 4 heteroatoms. The zero-order chi connectivity index (χ0) is 9.14. The fourth-order valence-electron chi connectivity index (χ4n) is 0.893. The Balaban J connectivity index is 2.95. The van der Waals surface area contributed by atoms with Gasteiger partial charge in [-0.25, -0.2) is 0 Å². The summed E-state index contributed by atoms with van der Waals surface area (Å²) in [6.07, 6.45) is -1.27. The lowest BCUT2D eigenvalue weighted by atomic mass is 10.1. The van der Waals surface area contributed by atoms with Crippen LogP contribution in [0.3, 0.4) is 0 Å². The standard InChI is InChI=1S/C8H10N2O2/c9-6-3-1-2-5(4-6)7(11)8(10)12/h1-4,7,11H,9H2,(H2,10,12)/t7-/m0/s1. The van der Waals surface area contributed by atoms with Crippen molar-refractivity contribution in [2.75, 3.05) is 5.73 Å². The lowest BCUT2D eigenvalue weighted by Gasteiger charge is -2.06. The van der Waals surface area contributed by atoms with Crippen LogP contribution in [0.4, 0.5) is 5.69 Å². The van der Waals surface area contributed by atoms with Crippen molar-refractivity contribution in [2.24, 2.45) is 5.73 Å². The van der Waals surface area contributed by atoms with Gasteiger partial charge in [0.2, 0.25) is 0 Å². The largest absolute Gasteiger partial charge is 0.399 e. The van der Waals surface area contributed by atoms with Gasteiger partial charge in [0.15, 0.2) is 6.10 Å². The zero-order valence-corrected chi connectivity index (χ0v) is 6.40. The number of aliphatic hydroxyl groups excluding tert-OH is 1. The molecule has 0 saturated carbocycles. The van der Waals surface area contributed by atoms with Gasteiger partial charge in [-0.1, -0.05) is 12.1 Å². The summed E-state index contributed by atoms with van der Waals surface area (Å²) in [7, 11) is 0. The number of primary amides is 1. The molecule has 0 heterocycles. The average molecular weight is 166 g/mol. The smallest absolute Gasteiger partial charge is 0.250 e. The molecule has 0 aliphatic heterocycles. The van der Waals surface area contributed by atoms with Crippen molar-refractivity contribution in [3.8, 4) is 0 Å². The molecule has 0 aromatic heterocycles. The number of carbonyl (C=O) groups excluding carboxylic acids is 1. The van der Waals surface area contributed by atoms with E-state index in [0.29, 0.717) is 11.3 Å². The maximum atomic E-state index is 10.5. The minimum atomic E-state index is -1.27. The van der Waals surface area contributed by atoms with Crippen molar-refractivity contribution >= 4 is 11.6 Å². The van der Waals surface area contributed by atoms with Crippen molar-refractivity contribution in [3.05, 3.63) is 29.8 Å². The van der Waals surface area contributed by atoms with Gasteiger partial charge in [0, 0.05) is 5.69 Å². The Morgan fingerprint density at radius 3 is 2.67 bits per heavy atom. The highest BCUT2D eigenvalue weighted by molar-refractivity contribution is 5.80. The van der Waals surface area contributed by atoms with E-state index in [1.165, 1.54) is 6.07 Å². The molecular formula is C8H10N2O2. The van der Waals surface area contributed by atoms with Crippen LogP contribution in [0.2, 0.25) is 0 Å². The van der Waals surface area contributed by atoms with Crippen molar-refractivity contribution in [1.82, 2.24) is 0 Å². The minimum absolute atomic E-state index is 0.419. The summed E-state index contributed by atoms with van der Waals surface area (Å²) in [5.74, 6) is -0.777. The van der Waals surface area contributed by atoms with Crippen LogP contribution in [-0.2, 0) is 4.79 Å². The maximum absolute atomic E-state index is 10.5. The molecule has 1 rings (SSSR count). The molecule has 4 nitrogen and oxygen atoms in total. The molecule has 5 N–H and O–H groups in total. The zero-order valence-electron chi connectivity index (χ0n) is 6.40. The van der Waals surface area contributed by atoms with Gasteiger partial charge in [0.1, 0.15) is 0 Å². The Hall–Kier alpha value is -1.55. The SMILES string of the molecule is NC(=O)[C@@H](O)c1cccc(N)c1. The Labute approximate surface area is 69.8 Å². The molecule has 1 aromatic rings. The van der Waals surface area contributed by atoms with Crippen molar-refractivity contribution in [2.45, 2.75) is 6.10 Å². The van der Waals surface area contributed by atoms with Gasteiger partial charge >= 0.3 is 0 Å². The molecule has 1 amide bonds. The van der Waals surface area contributed by atoms with Gasteiger partial charge in [0.25, 0.3) is 5.91 Å². The summed E-state index contributed by atoms with van der Waals surface area (Å²) in [5, 5.41) is 9.19. The maximum Gasteiger partial charge on any atom is 0.250 e. The normalized spacial score (nSPS) is 12.4. The number of amides is 1. The van der Waals surface area contributed by atoms with Crippen LogP contribution in [0, 0.1) is 0 Å². The van der Waals surface area contributed by atoms with E-state index in [2.05, 4.69) is 0 Å². The molecule has 1 aromatic carbocycles. The highest BCUT2D eigenvalue weighted by atomic mass is 16.3. The van der Waals surface area contributed by atoms with E-state index < -0.39 is 12.0 Å². The van der Waals surface area contributed by atoms with E-state index in [4.69, 9.17) is 11.5 Å². The van der Waals surface area contributed by atoms with Crippen molar-refractivity contribution in [3.63, 3.8) is 0 Å². The first-order valence-electron chi connectivity index (χ1n) is 3.44. The van der Waals surface area contributed by atoms with E-state index >= 15 is 0 Å². The molecule has 0 aliphatic rings. The number of hydrogen-bond acceptors (Lipinski definition) is 3. The molecule has 0 bridgehead atoms. The van der Waals surface area contributed by atoms with Crippen LogP contribution in [-0.4, -0.2) is 11.0 Å². The first kappa shape index (κ1) is 8.55. The summed E-state index contributed by atoms with van der Waals surface area (Å²) >= 11 is 0. The molecule has 64 valence electrons. The minimum Gasteiger partial charge on any atom is -0.399 e. The third-order valence-electron chi connectivity index (χ3n) is 1.50. The number of hydrogen-bond donors (Lipinski definition) is 3. The average Bonchev–Trinajstić information content (AvgIpc) is 2.03. The molecule has 1 atom stereocenters. The summed E-state index contributed by atoms with van der Waals surface area (Å²) < 4.78 is 0. The van der Waals surface area contributed by atoms with E-state index in [-0.39, 0.29) is 0 Å². The topological polar surface area (TPSA) is 89.3 Å². The van der Waals surface area contributed by atoms with Crippen LogP contribution in [0.15, 0.2) is 24.3 Å². The second kappa shape index (κ2) is 3.23. The lowest BCUT2D eigenvalue weighted by Crippen LogP contribution is -2.20. The van der Waals surface area contributed by atoms with Crippen molar-refractivity contribution < 1.29 is 9.90 Å². The molecule has 0 spiro atoms. The molecule has 12 heavy (non-hydrogen) atoms. The van der Waals surface area contributed by atoms with E-state index in [1.807, 2.05) is 0 Å². The van der Waals surface area contributed by atoms with Crippen molar-refractivity contribution in [1.29, 1.82) is 0 Å². The Morgan fingerprint density at radius 2 is 2.17 bits per heavy atom. The van der Waals surface area contributed by atoms with Crippen LogP contribution in [0.25, 0.3) is 0 Å². The summed E-state index contributed by atoms with van der Waals surface area (Å²) in [4.78, 5) is 10.5. The number of benzene rings is 1. The predicted octanol–water partition coefficient (Wildman–Crippen LogP) is -0.213. The summed E-state index contributed by atoms with van der Waals surface area (Å²) in [6, 6.07) is 6.41. The van der Waals surface area contributed by atoms with E-state index in [1.54, 1.807) is 18.2 Å². The van der Waals surface area contributed by atoms with E-state index in [0.717, 1.165) is 0 Å². The van der Waals surface area contributed by atoms with Crippen LogP contribution >= 0.6 is 0 Å². The Bertz CT molecular complexity index is 299. The monoisotopic (exact) mass is 166 g/mol. The first-order valence-corrected chi connectivity index (χ1v) is 3.44. The predicted molar refractivity (Wildman–Crippen MR) is 45.0 cm³/mol. The Kier molecular flexibility index (Phi) is 2.30. The number of nitrogens with two attached hydrogens (primary N) is 2. The molecule has 0 saturated heterocycles. The van der Waals surface area contributed by atoms with Gasteiger partial charge in [-0.2, -0.15) is 0 Å². The first-order chi connectivity index (χ1) is 5.61. The third-order valence-corrected chi connectivity index (χ3v) is 1.50. The number of aliphatic hydroxyl groups is 1. The van der Waals surface area contributed by atoms with Gasteiger partial charge in [0.05, 0.1) is 0 Å².